The molecule has 0 radical (unpaired) electrons. The number of aliphatic hydroxyl groups is 1. The summed E-state index contributed by atoms with van der Waals surface area (Å²) in [5.74, 6) is 0. The summed E-state index contributed by atoms with van der Waals surface area (Å²) in [7, 11) is 0. The molecule has 0 saturated carbocycles. The third kappa shape index (κ3) is 1.31. The van der Waals surface area contributed by atoms with Crippen LogP contribution in [0.4, 0.5) is 4.39 Å². The van der Waals surface area contributed by atoms with Gasteiger partial charge in [0.15, 0.2) is 0 Å². The molecule has 1 unspecified atom stereocenters. The summed E-state index contributed by atoms with van der Waals surface area (Å²) in [6.07, 6.45) is 0.751. The van der Waals surface area contributed by atoms with Crippen molar-refractivity contribution in [1.82, 2.24) is 4.98 Å². The zero-order valence-electron chi connectivity index (χ0n) is 7.00. The lowest BCUT2D eigenvalue weighted by Crippen LogP contribution is -1.99. The summed E-state index contributed by atoms with van der Waals surface area (Å²) in [6.45, 7) is -0.752. The van der Waals surface area contributed by atoms with Crippen LogP contribution in [0.15, 0.2) is 30.5 Å². The van der Waals surface area contributed by atoms with E-state index in [0.717, 1.165) is 10.9 Å². The number of fused-ring (bicyclic) bond motifs is 1. The van der Waals surface area contributed by atoms with Gasteiger partial charge in [-0.3, -0.25) is 0 Å². The topological polar surface area (TPSA) is 36.0 Å². The van der Waals surface area contributed by atoms with Gasteiger partial charge in [-0.25, -0.2) is 4.39 Å². The molecule has 1 atom stereocenters. The van der Waals surface area contributed by atoms with E-state index in [1.165, 1.54) is 0 Å². The lowest BCUT2D eigenvalue weighted by atomic mass is 10.1. The van der Waals surface area contributed by atoms with E-state index in [0.29, 0.717) is 5.56 Å². The molecule has 2 rings (SSSR count). The van der Waals surface area contributed by atoms with Crippen LogP contribution in [0.25, 0.3) is 10.9 Å². The molecule has 68 valence electrons. The number of nitrogens with one attached hydrogen (secondary N) is 1. The lowest BCUT2D eigenvalue weighted by Gasteiger charge is -2.07. The van der Waals surface area contributed by atoms with Crippen molar-refractivity contribution in [3.05, 3.63) is 36.0 Å². The summed E-state index contributed by atoms with van der Waals surface area (Å²) >= 11 is 0. The van der Waals surface area contributed by atoms with Gasteiger partial charge < -0.3 is 10.1 Å². The second-order valence-corrected chi connectivity index (χ2v) is 2.96. The molecule has 3 heteroatoms. The minimum absolute atomic E-state index is 0.616. The number of hydrogen-bond donors (Lipinski definition) is 2. The molecule has 0 spiro atoms. The first-order chi connectivity index (χ1) is 6.33. The quantitative estimate of drug-likeness (QED) is 0.728. The highest BCUT2D eigenvalue weighted by Crippen LogP contribution is 2.22. The Bertz CT molecular complexity index is 410. The molecule has 0 saturated heterocycles. The summed E-state index contributed by atoms with van der Waals surface area (Å²) in [5.41, 5.74) is 1.43. The fourth-order valence-corrected chi connectivity index (χ4v) is 1.47. The Morgan fingerprint density at radius 2 is 2.23 bits per heavy atom. The Hall–Kier alpha value is -1.35. The average molecular weight is 179 g/mol. The number of halogens is 1. The van der Waals surface area contributed by atoms with Crippen molar-refractivity contribution in [3.63, 3.8) is 0 Å². The maximum absolute atomic E-state index is 12.2. The zero-order valence-corrected chi connectivity index (χ0v) is 7.00. The van der Waals surface area contributed by atoms with Crippen LogP contribution in [0, 0.1) is 0 Å². The Balaban J connectivity index is 2.60. The van der Waals surface area contributed by atoms with E-state index in [-0.39, 0.29) is 0 Å². The highest BCUT2D eigenvalue weighted by Gasteiger charge is 2.10. The number of benzene rings is 1. The van der Waals surface area contributed by atoms with Gasteiger partial charge in [-0.2, -0.15) is 0 Å². The van der Waals surface area contributed by atoms with Gasteiger partial charge in [-0.05, 0) is 11.5 Å². The first kappa shape index (κ1) is 8.26. The highest BCUT2D eigenvalue weighted by molar-refractivity contribution is 5.82. The van der Waals surface area contributed by atoms with Gasteiger partial charge in [0.05, 0.1) is 5.52 Å². The average Bonchev–Trinajstić information content (AvgIpc) is 2.63. The number of aliphatic hydroxyl groups excluding tert-OH is 1. The monoisotopic (exact) mass is 179 g/mol. The van der Waals surface area contributed by atoms with Crippen LogP contribution in [-0.4, -0.2) is 16.8 Å². The van der Waals surface area contributed by atoms with Gasteiger partial charge in [0.1, 0.15) is 12.8 Å². The molecule has 0 fully saturated rings. The highest BCUT2D eigenvalue weighted by atomic mass is 19.1. The van der Waals surface area contributed by atoms with Crippen LogP contribution < -0.4 is 0 Å². The first-order valence-corrected chi connectivity index (χ1v) is 4.13. The van der Waals surface area contributed by atoms with Crippen LogP contribution in [0.1, 0.15) is 11.7 Å². The Kier molecular flexibility index (Phi) is 2.02. The summed E-state index contributed by atoms with van der Waals surface area (Å²) in [5, 5.41) is 10.3. The zero-order chi connectivity index (χ0) is 9.26. The van der Waals surface area contributed by atoms with E-state index < -0.39 is 12.8 Å². The van der Waals surface area contributed by atoms with Gasteiger partial charge >= 0.3 is 0 Å². The molecule has 1 aromatic heterocycles. The number of hydrogen-bond acceptors (Lipinski definition) is 1. The molecule has 13 heavy (non-hydrogen) atoms. The largest absolute Gasteiger partial charge is 0.386 e. The molecule has 1 heterocycles. The number of H-pyrrole nitrogens is 1. The first-order valence-electron chi connectivity index (χ1n) is 4.13. The summed E-state index contributed by atoms with van der Waals surface area (Å²) in [4.78, 5) is 2.98. The minimum Gasteiger partial charge on any atom is -0.386 e. The molecule has 2 aromatic rings. The van der Waals surface area contributed by atoms with E-state index in [9.17, 15) is 9.50 Å². The third-order valence-electron chi connectivity index (χ3n) is 2.12. The predicted molar refractivity (Wildman–Crippen MR) is 49.2 cm³/mol. The van der Waals surface area contributed by atoms with Crippen molar-refractivity contribution in [2.75, 3.05) is 6.67 Å². The van der Waals surface area contributed by atoms with E-state index in [2.05, 4.69) is 4.98 Å². The molecule has 2 nitrogen and oxygen atoms in total. The van der Waals surface area contributed by atoms with E-state index in [1.807, 2.05) is 18.2 Å². The van der Waals surface area contributed by atoms with Gasteiger partial charge in [-0.15, -0.1) is 0 Å². The SMILES string of the molecule is OC(CF)c1cccc2cc[nH]c12. The van der Waals surface area contributed by atoms with Crippen LogP contribution in [0.2, 0.25) is 0 Å². The molecule has 0 aliphatic rings. The standard InChI is InChI=1S/C10H10FNO/c11-6-9(13)8-3-1-2-7-4-5-12-10(7)8/h1-5,9,12-13H,6H2. The van der Waals surface area contributed by atoms with Crippen LogP contribution in [0.5, 0.6) is 0 Å². The third-order valence-corrected chi connectivity index (χ3v) is 2.12. The van der Waals surface area contributed by atoms with Crippen molar-refractivity contribution in [2.24, 2.45) is 0 Å². The fraction of sp³-hybridized carbons (Fsp3) is 0.200. The molecular weight excluding hydrogens is 169 g/mol. The number of rotatable bonds is 2. The smallest absolute Gasteiger partial charge is 0.120 e. The summed E-state index contributed by atoms with van der Waals surface area (Å²) < 4.78 is 12.2. The van der Waals surface area contributed by atoms with Crippen molar-refractivity contribution >= 4 is 10.9 Å². The maximum atomic E-state index is 12.2. The molecule has 0 amide bonds. The molecule has 2 N–H and O–H groups in total. The number of aromatic nitrogens is 1. The minimum atomic E-state index is -1.03. The van der Waals surface area contributed by atoms with Crippen molar-refractivity contribution in [2.45, 2.75) is 6.10 Å². The van der Waals surface area contributed by atoms with Crippen molar-refractivity contribution in [3.8, 4) is 0 Å². The second kappa shape index (κ2) is 3.18. The van der Waals surface area contributed by atoms with E-state index >= 15 is 0 Å². The Labute approximate surface area is 75.0 Å². The number of alkyl halides is 1. The predicted octanol–water partition coefficient (Wildman–Crippen LogP) is 2.17. The molecule has 0 aliphatic heterocycles. The fourth-order valence-electron chi connectivity index (χ4n) is 1.47. The van der Waals surface area contributed by atoms with Gasteiger partial charge in [0.2, 0.25) is 0 Å². The van der Waals surface area contributed by atoms with Crippen LogP contribution in [0.3, 0.4) is 0 Å². The van der Waals surface area contributed by atoms with Gasteiger partial charge in [0.25, 0.3) is 0 Å². The van der Waals surface area contributed by atoms with Crippen molar-refractivity contribution in [1.29, 1.82) is 0 Å². The molecule has 1 aromatic carbocycles. The Morgan fingerprint density at radius 1 is 1.38 bits per heavy atom. The van der Waals surface area contributed by atoms with E-state index in [4.69, 9.17) is 0 Å². The van der Waals surface area contributed by atoms with Gasteiger partial charge in [-0.1, -0.05) is 18.2 Å². The number of para-hydroxylation sites is 1. The Morgan fingerprint density at radius 3 is 3.00 bits per heavy atom. The normalized spacial score (nSPS) is 13.4. The molecule has 0 bridgehead atoms. The van der Waals surface area contributed by atoms with Crippen molar-refractivity contribution < 1.29 is 9.50 Å². The molecule has 0 aliphatic carbocycles. The van der Waals surface area contributed by atoms with E-state index in [1.54, 1.807) is 12.3 Å². The van der Waals surface area contributed by atoms with Crippen LogP contribution in [-0.2, 0) is 0 Å². The summed E-state index contributed by atoms with van der Waals surface area (Å²) in [6, 6.07) is 7.34. The lowest BCUT2D eigenvalue weighted by molar-refractivity contribution is 0.143. The van der Waals surface area contributed by atoms with Crippen LogP contribution >= 0.6 is 0 Å². The number of aromatic amines is 1. The molecular formula is C10H10FNO. The van der Waals surface area contributed by atoms with Gasteiger partial charge in [0, 0.05) is 11.8 Å². The second-order valence-electron chi connectivity index (χ2n) is 2.96. The maximum Gasteiger partial charge on any atom is 0.120 e.